The van der Waals surface area contributed by atoms with Gasteiger partial charge in [0.15, 0.2) is 0 Å². The number of hydrogen-bond donors (Lipinski definition) is 1. The van der Waals surface area contributed by atoms with Gasteiger partial charge >= 0.3 is 0 Å². The highest BCUT2D eigenvalue weighted by molar-refractivity contribution is 7.12. The Bertz CT molecular complexity index is 532. The number of thiophene rings is 1. The fourth-order valence-electron chi connectivity index (χ4n) is 2.05. The molecule has 0 radical (unpaired) electrons. The van der Waals surface area contributed by atoms with Crippen LogP contribution in [-0.2, 0) is 0 Å². The molecule has 1 aliphatic rings. The summed E-state index contributed by atoms with van der Waals surface area (Å²) >= 11 is 3.67. The lowest BCUT2D eigenvalue weighted by atomic mass is 10.1. The van der Waals surface area contributed by atoms with Crippen molar-refractivity contribution in [3.63, 3.8) is 0 Å². The molecule has 0 bridgehead atoms. The van der Waals surface area contributed by atoms with Crippen LogP contribution in [0.2, 0.25) is 0 Å². The molecule has 0 amide bonds. The minimum atomic E-state index is 0.301. The SMILES string of the molecule is Cc1ccsc1C(NC1CC1)c1nc(C)c(C)s1. The third kappa shape index (κ3) is 2.37. The number of nitrogens with zero attached hydrogens (tertiary/aromatic N) is 1. The maximum atomic E-state index is 4.75. The summed E-state index contributed by atoms with van der Waals surface area (Å²) in [6.07, 6.45) is 2.62. The molecule has 96 valence electrons. The molecule has 2 nitrogen and oxygen atoms in total. The second-order valence-electron chi connectivity index (χ2n) is 5.04. The molecule has 1 fully saturated rings. The van der Waals surface area contributed by atoms with Crippen molar-refractivity contribution in [2.45, 2.75) is 45.7 Å². The van der Waals surface area contributed by atoms with E-state index in [1.807, 2.05) is 22.7 Å². The number of aryl methyl sites for hydroxylation is 3. The number of rotatable bonds is 4. The standard InChI is InChI=1S/C14H18N2S2/c1-8-6-7-17-13(8)12(16-11-4-5-11)14-15-9(2)10(3)18-14/h6-7,11-12,16H,4-5H2,1-3H3. The van der Waals surface area contributed by atoms with Gasteiger partial charge in [-0.05, 0) is 50.6 Å². The van der Waals surface area contributed by atoms with E-state index in [0.717, 1.165) is 0 Å². The third-order valence-electron chi connectivity index (χ3n) is 3.44. The van der Waals surface area contributed by atoms with Crippen molar-refractivity contribution in [2.75, 3.05) is 0 Å². The highest BCUT2D eigenvalue weighted by Gasteiger charge is 2.29. The van der Waals surface area contributed by atoms with Gasteiger partial charge in [0.1, 0.15) is 5.01 Å². The predicted octanol–water partition coefficient (Wildman–Crippen LogP) is 3.97. The van der Waals surface area contributed by atoms with Crippen LogP contribution in [0, 0.1) is 20.8 Å². The molecule has 1 N–H and O–H groups in total. The average molecular weight is 278 g/mol. The Kier molecular flexibility index (Phi) is 3.26. The largest absolute Gasteiger partial charge is 0.301 e. The minimum absolute atomic E-state index is 0.301. The van der Waals surface area contributed by atoms with Crippen molar-refractivity contribution in [3.8, 4) is 0 Å². The van der Waals surface area contributed by atoms with Crippen molar-refractivity contribution in [1.29, 1.82) is 0 Å². The van der Waals surface area contributed by atoms with Crippen molar-refractivity contribution in [3.05, 3.63) is 37.5 Å². The lowest BCUT2D eigenvalue weighted by molar-refractivity contribution is 0.603. The van der Waals surface area contributed by atoms with Gasteiger partial charge in [0.25, 0.3) is 0 Å². The first-order valence-corrected chi connectivity index (χ1v) is 8.08. The Hall–Kier alpha value is -0.710. The van der Waals surface area contributed by atoms with Crippen LogP contribution in [0.1, 0.15) is 44.9 Å². The molecule has 4 heteroatoms. The highest BCUT2D eigenvalue weighted by Crippen LogP contribution is 2.35. The third-order valence-corrected chi connectivity index (χ3v) is 5.66. The van der Waals surface area contributed by atoms with Gasteiger partial charge in [-0.1, -0.05) is 0 Å². The molecular formula is C14H18N2S2. The molecule has 1 unspecified atom stereocenters. The normalized spacial score (nSPS) is 17.1. The molecule has 2 heterocycles. The summed E-state index contributed by atoms with van der Waals surface area (Å²) in [6.45, 7) is 6.46. The lowest BCUT2D eigenvalue weighted by Crippen LogP contribution is -2.24. The second kappa shape index (κ2) is 4.76. The Morgan fingerprint density at radius 1 is 1.33 bits per heavy atom. The van der Waals surface area contributed by atoms with Crippen LogP contribution in [0.5, 0.6) is 0 Å². The number of nitrogens with one attached hydrogen (secondary N) is 1. The lowest BCUT2D eigenvalue weighted by Gasteiger charge is -2.15. The van der Waals surface area contributed by atoms with Crippen molar-refractivity contribution in [1.82, 2.24) is 10.3 Å². The fourth-order valence-corrected chi connectivity index (χ4v) is 4.10. The van der Waals surface area contributed by atoms with Crippen LogP contribution in [-0.4, -0.2) is 11.0 Å². The van der Waals surface area contributed by atoms with Crippen molar-refractivity contribution in [2.24, 2.45) is 0 Å². The van der Waals surface area contributed by atoms with Gasteiger partial charge in [0.2, 0.25) is 0 Å². The van der Waals surface area contributed by atoms with E-state index in [-0.39, 0.29) is 0 Å². The molecule has 2 aromatic heterocycles. The summed E-state index contributed by atoms with van der Waals surface area (Å²) in [4.78, 5) is 7.51. The van der Waals surface area contributed by atoms with Gasteiger partial charge in [-0.2, -0.15) is 0 Å². The highest BCUT2D eigenvalue weighted by atomic mass is 32.1. The second-order valence-corrected chi connectivity index (χ2v) is 7.22. The maximum absolute atomic E-state index is 4.75. The summed E-state index contributed by atoms with van der Waals surface area (Å²) in [6, 6.07) is 3.20. The van der Waals surface area contributed by atoms with E-state index in [1.165, 1.54) is 38.9 Å². The Morgan fingerprint density at radius 3 is 2.61 bits per heavy atom. The molecule has 1 atom stereocenters. The van der Waals surface area contributed by atoms with Gasteiger partial charge in [0.05, 0.1) is 11.7 Å². The zero-order chi connectivity index (χ0) is 12.7. The zero-order valence-corrected chi connectivity index (χ0v) is 12.6. The maximum Gasteiger partial charge on any atom is 0.115 e. The summed E-state index contributed by atoms with van der Waals surface area (Å²) in [5, 5.41) is 7.15. The molecular weight excluding hydrogens is 260 g/mol. The van der Waals surface area contributed by atoms with E-state index >= 15 is 0 Å². The van der Waals surface area contributed by atoms with Crippen LogP contribution in [0.15, 0.2) is 11.4 Å². The molecule has 1 saturated carbocycles. The minimum Gasteiger partial charge on any atom is -0.301 e. The smallest absolute Gasteiger partial charge is 0.115 e. The average Bonchev–Trinajstić information content (AvgIpc) is 2.97. The number of aromatic nitrogens is 1. The van der Waals surface area contributed by atoms with Gasteiger partial charge in [0, 0.05) is 15.8 Å². The van der Waals surface area contributed by atoms with Crippen molar-refractivity contribution >= 4 is 22.7 Å². The van der Waals surface area contributed by atoms with Crippen LogP contribution in [0.25, 0.3) is 0 Å². The molecule has 1 aliphatic carbocycles. The van der Waals surface area contributed by atoms with E-state index in [0.29, 0.717) is 12.1 Å². The van der Waals surface area contributed by atoms with E-state index in [1.54, 1.807) is 0 Å². The molecule has 0 aromatic carbocycles. The summed E-state index contributed by atoms with van der Waals surface area (Å²) in [5.74, 6) is 0. The predicted molar refractivity (Wildman–Crippen MR) is 78.6 cm³/mol. The molecule has 2 aromatic rings. The molecule has 0 aliphatic heterocycles. The summed E-state index contributed by atoms with van der Waals surface area (Å²) in [5.41, 5.74) is 2.55. The van der Waals surface area contributed by atoms with Crippen LogP contribution in [0.3, 0.4) is 0 Å². The first-order chi connectivity index (χ1) is 8.65. The van der Waals surface area contributed by atoms with Gasteiger partial charge in [-0.3, -0.25) is 0 Å². The molecule has 0 saturated heterocycles. The van der Waals surface area contributed by atoms with Crippen molar-refractivity contribution < 1.29 is 0 Å². The number of thiazole rings is 1. The number of hydrogen-bond acceptors (Lipinski definition) is 4. The van der Waals surface area contributed by atoms with Crippen LogP contribution < -0.4 is 5.32 Å². The Morgan fingerprint density at radius 2 is 2.11 bits per heavy atom. The quantitative estimate of drug-likeness (QED) is 0.915. The summed E-state index contributed by atoms with van der Waals surface area (Å²) < 4.78 is 0. The zero-order valence-electron chi connectivity index (χ0n) is 11.0. The topological polar surface area (TPSA) is 24.9 Å². The molecule has 0 spiro atoms. The van der Waals surface area contributed by atoms with E-state index in [4.69, 9.17) is 4.98 Å². The van der Waals surface area contributed by atoms with E-state index in [9.17, 15) is 0 Å². The Labute approximate surface area is 116 Å². The first-order valence-electron chi connectivity index (χ1n) is 6.39. The molecule has 3 rings (SSSR count). The van der Waals surface area contributed by atoms with E-state index in [2.05, 4.69) is 37.5 Å². The fraction of sp³-hybridized carbons (Fsp3) is 0.500. The Balaban J connectivity index is 1.96. The van der Waals surface area contributed by atoms with Gasteiger partial charge < -0.3 is 5.32 Å². The monoisotopic (exact) mass is 278 g/mol. The summed E-state index contributed by atoms with van der Waals surface area (Å²) in [7, 11) is 0. The first kappa shape index (κ1) is 12.3. The van der Waals surface area contributed by atoms with E-state index < -0.39 is 0 Å². The van der Waals surface area contributed by atoms with Gasteiger partial charge in [-0.15, -0.1) is 22.7 Å². The van der Waals surface area contributed by atoms with Crippen LogP contribution >= 0.6 is 22.7 Å². The van der Waals surface area contributed by atoms with Gasteiger partial charge in [-0.25, -0.2) is 4.98 Å². The van der Waals surface area contributed by atoms with Crippen LogP contribution in [0.4, 0.5) is 0 Å². The molecule has 18 heavy (non-hydrogen) atoms.